The maximum absolute atomic E-state index is 11.7. The topological polar surface area (TPSA) is 50.9 Å². The molecule has 0 aliphatic heterocycles. The number of phenols is 1. The van der Waals surface area contributed by atoms with Gasteiger partial charge in [-0.2, -0.15) is 0 Å². The Morgan fingerprint density at radius 1 is 0.531 bits per heavy atom. The summed E-state index contributed by atoms with van der Waals surface area (Å²) >= 11 is 0. The first-order valence-electron chi connectivity index (χ1n) is 16.0. The van der Waals surface area contributed by atoms with Crippen LogP contribution in [-0.2, 0) is 21.1 Å². The molecule has 0 atom stereocenters. The van der Waals surface area contributed by atoms with Gasteiger partial charge in [0.1, 0.15) is 11.5 Å². The largest absolute Gasteiger partial charge is 0.515 e. The Hall–Kier alpha value is -5.83. The molecule has 0 saturated heterocycles. The molecular weight excluding hydrogens is 782 g/mol. The maximum Gasteiger partial charge on any atom is 0.146 e. The standard InChI is InChI=1S/C44H28N3O.Pt/c48-43-36(30-12-2-1-3-13-30)16-8-17-37(43)34-26-33(32-23-22-29-11-4-5-14-31(29)25-32)27-35(28-34)40-19-9-21-42(46-40)47-41-20-7-6-15-38(41)39-18-10-24-45-44(39)47;/h1-27,48H;/q-1;. The molecule has 0 aliphatic carbocycles. The third-order valence-electron chi connectivity index (χ3n) is 9.04. The number of hydrogen-bond donors (Lipinski definition) is 1. The molecule has 0 saturated carbocycles. The van der Waals surface area contributed by atoms with E-state index < -0.39 is 0 Å². The molecule has 236 valence electrons. The van der Waals surface area contributed by atoms with Crippen molar-refractivity contribution in [1.82, 2.24) is 14.5 Å². The van der Waals surface area contributed by atoms with Crippen LogP contribution in [0.15, 0.2) is 164 Å². The van der Waals surface area contributed by atoms with E-state index in [0.717, 1.165) is 66.8 Å². The summed E-state index contributed by atoms with van der Waals surface area (Å²) in [5.74, 6) is 0.997. The van der Waals surface area contributed by atoms with Crippen LogP contribution in [0.5, 0.6) is 5.75 Å². The number of aromatic hydroxyl groups is 1. The van der Waals surface area contributed by atoms with Crippen LogP contribution in [0.4, 0.5) is 0 Å². The van der Waals surface area contributed by atoms with Gasteiger partial charge >= 0.3 is 0 Å². The number of nitrogens with zero attached hydrogens (tertiary/aromatic N) is 3. The van der Waals surface area contributed by atoms with E-state index >= 15 is 0 Å². The minimum atomic E-state index is 0. The Kier molecular flexibility index (Phi) is 7.87. The van der Waals surface area contributed by atoms with E-state index in [1.165, 1.54) is 10.8 Å². The van der Waals surface area contributed by atoms with E-state index in [2.05, 4.69) is 89.5 Å². The van der Waals surface area contributed by atoms with Crippen molar-refractivity contribution in [2.45, 2.75) is 0 Å². The summed E-state index contributed by atoms with van der Waals surface area (Å²) in [5.41, 5.74) is 8.84. The van der Waals surface area contributed by atoms with Crippen LogP contribution in [0.1, 0.15) is 0 Å². The molecule has 0 amide bonds. The Bertz CT molecular complexity index is 2590. The van der Waals surface area contributed by atoms with Crippen LogP contribution in [-0.4, -0.2) is 19.6 Å². The van der Waals surface area contributed by atoms with Gasteiger partial charge in [-0.15, -0.1) is 23.8 Å². The second-order valence-corrected chi connectivity index (χ2v) is 11.9. The molecule has 0 aliphatic rings. The van der Waals surface area contributed by atoms with Gasteiger partial charge in [0, 0.05) is 49.3 Å². The number of aromatic nitrogens is 3. The summed E-state index contributed by atoms with van der Waals surface area (Å²) < 4.78 is 2.12. The third-order valence-corrected chi connectivity index (χ3v) is 9.04. The molecular formula is C44H28N3OPt-. The number of rotatable bonds is 5. The summed E-state index contributed by atoms with van der Waals surface area (Å²) in [6.07, 6.45) is 1.82. The summed E-state index contributed by atoms with van der Waals surface area (Å²) in [7, 11) is 0. The van der Waals surface area contributed by atoms with Crippen LogP contribution < -0.4 is 0 Å². The SMILES string of the molecule is Oc1c(-c2[c-]c(-c3cccc(-n4c5ccccc5c5cccnc54)n3)cc(-c3ccc4ccccc4c3)c2)cccc1-c1ccccc1.[Pt]. The predicted octanol–water partition coefficient (Wildman–Crippen LogP) is 10.9. The summed E-state index contributed by atoms with van der Waals surface area (Å²) in [5, 5.41) is 16.3. The molecule has 0 bridgehead atoms. The first-order valence-corrected chi connectivity index (χ1v) is 16.0. The van der Waals surface area contributed by atoms with Crippen LogP contribution in [0.2, 0.25) is 0 Å². The quantitative estimate of drug-likeness (QED) is 0.176. The van der Waals surface area contributed by atoms with E-state index in [4.69, 9.17) is 9.97 Å². The molecule has 49 heavy (non-hydrogen) atoms. The number of phenolic OH excluding ortho intramolecular Hbond substituents is 1. The fourth-order valence-corrected chi connectivity index (χ4v) is 6.73. The third kappa shape index (κ3) is 5.41. The molecule has 3 aromatic heterocycles. The zero-order valence-electron chi connectivity index (χ0n) is 26.2. The van der Waals surface area contributed by atoms with Crippen LogP contribution in [0, 0.1) is 6.07 Å². The molecule has 0 radical (unpaired) electrons. The van der Waals surface area contributed by atoms with Gasteiger partial charge in [-0.25, -0.2) is 4.98 Å². The van der Waals surface area contributed by atoms with Gasteiger partial charge in [0.15, 0.2) is 0 Å². The van der Waals surface area contributed by atoms with Crippen LogP contribution >= 0.6 is 0 Å². The molecule has 9 aromatic rings. The number of para-hydroxylation sites is 2. The molecule has 0 spiro atoms. The Morgan fingerprint density at radius 2 is 1.27 bits per heavy atom. The second kappa shape index (κ2) is 12.6. The number of benzene rings is 6. The smallest absolute Gasteiger partial charge is 0.146 e. The maximum atomic E-state index is 11.7. The molecule has 3 heterocycles. The summed E-state index contributed by atoms with van der Waals surface area (Å²) in [6.45, 7) is 0. The first kappa shape index (κ1) is 30.5. The van der Waals surface area contributed by atoms with E-state index in [-0.39, 0.29) is 26.8 Å². The zero-order chi connectivity index (χ0) is 32.0. The number of pyridine rings is 2. The molecule has 4 nitrogen and oxygen atoms in total. The number of fused-ring (bicyclic) bond motifs is 4. The zero-order valence-corrected chi connectivity index (χ0v) is 28.5. The minimum absolute atomic E-state index is 0. The summed E-state index contributed by atoms with van der Waals surface area (Å²) in [6, 6.07) is 57.2. The fraction of sp³-hybridized carbons (Fsp3) is 0. The van der Waals surface area contributed by atoms with Crippen molar-refractivity contribution in [2.24, 2.45) is 0 Å². The first-order chi connectivity index (χ1) is 23.7. The van der Waals surface area contributed by atoms with E-state index in [1.807, 2.05) is 85.1 Å². The van der Waals surface area contributed by atoms with Crippen LogP contribution in [0.3, 0.4) is 0 Å². The molecule has 6 aromatic carbocycles. The minimum Gasteiger partial charge on any atom is -0.515 e. The summed E-state index contributed by atoms with van der Waals surface area (Å²) in [4.78, 5) is 9.98. The van der Waals surface area contributed by atoms with Gasteiger partial charge in [0.2, 0.25) is 0 Å². The molecule has 0 fully saturated rings. The van der Waals surface area contributed by atoms with Crippen molar-refractivity contribution in [3.05, 3.63) is 170 Å². The fourth-order valence-electron chi connectivity index (χ4n) is 6.73. The Labute approximate surface area is 298 Å². The van der Waals surface area contributed by atoms with E-state index in [1.54, 1.807) is 0 Å². The van der Waals surface area contributed by atoms with Gasteiger partial charge in [0.25, 0.3) is 0 Å². The second-order valence-electron chi connectivity index (χ2n) is 11.9. The van der Waals surface area contributed by atoms with Gasteiger partial charge in [0.05, 0.1) is 11.3 Å². The normalized spacial score (nSPS) is 11.2. The molecule has 5 heteroatoms. The van der Waals surface area contributed by atoms with Gasteiger partial charge < -0.3 is 5.11 Å². The average Bonchev–Trinajstić information content (AvgIpc) is 3.49. The van der Waals surface area contributed by atoms with Gasteiger partial charge in [-0.05, 0) is 57.8 Å². The van der Waals surface area contributed by atoms with E-state index in [0.29, 0.717) is 5.56 Å². The van der Waals surface area contributed by atoms with Crippen molar-refractivity contribution in [2.75, 3.05) is 0 Å². The predicted molar refractivity (Wildman–Crippen MR) is 196 cm³/mol. The van der Waals surface area contributed by atoms with Crippen molar-refractivity contribution >= 4 is 32.7 Å². The van der Waals surface area contributed by atoms with Crippen molar-refractivity contribution in [3.63, 3.8) is 0 Å². The van der Waals surface area contributed by atoms with Crippen molar-refractivity contribution in [1.29, 1.82) is 0 Å². The van der Waals surface area contributed by atoms with Gasteiger partial charge in [-0.1, -0.05) is 126 Å². The molecule has 9 rings (SSSR count). The Balaban J connectivity index is 0.00000348. The Morgan fingerprint density at radius 3 is 2.16 bits per heavy atom. The number of hydrogen-bond acceptors (Lipinski definition) is 3. The molecule has 1 N–H and O–H groups in total. The van der Waals surface area contributed by atoms with Gasteiger partial charge in [-0.3, -0.25) is 9.55 Å². The average molecular weight is 810 g/mol. The van der Waals surface area contributed by atoms with Crippen molar-refractivity contribution < 1.29 is 26.2 Å². The van der Waals surface area contributed by atoms with Crippen molar-refractivity contribution in [3.8, 4) is 56.2 Å². The molecule has 0 unspecified atom stereocenters. The van der Waals surface area contributed by atoms with Crippen LogP contribution in [0.25, 0.3) is 83.2 Å². The monoisotopic (exact) mass is 809 g/mol. The van der Waals surface area contributed by atoms with E-state index in [9.17, 15) is 5.11 Å².